The van der Waals surface area contributed by atoms with Gasteiger partial charge in [-0.15, -0.1) is 0 Å². The zero-order valence-electron chi connectivity index (χ0n) is 6.19. The molecule has 0 bridgehead atoms. The van der Waals surface area contributed by atoms with Gasteiger partial charge in [0.05, 0.1) is 6.07 Å². The third kappa shape index (κ3) is 1.63. The third-order valence-electron chi connectivity index (χ3n) is 1.49. The minimum atomic E-state index is -1.56. The molecule has 0 saturated heterocycles. The Morgan fingerprint density at radius 3 is 2.75 bits per heavy atom. The van der Waals surface area contributed by atoms with Crippen LogP contribution in [0.1, 0.15) is 6.42 Å². The van der Waals surface area contributed by atoms with Gasteiger partial charge in [0.25, 0.3) is 6.26 Å². The second kappa shape index (κ2) is 3.08. The summed E-state index contributed by atoms with van der Waals surface area (Å²) in [5.41, 5.74) is 0.459. The number of hydrogen-bond acceptors (Lipinski definition) is 4. The number of allylic oxidation sites excluding steroid dienone is 2. The second-order valence-electron chi connectivity index (χ2n) is 2.35. The fraction of sp³-hybridized carbons (Fsp3) is 0.250. The zero-order valence-corrected chi connectivity index (χ0v) is 6.19. The van der Waals surface area contributed by atoms with E-state index < -0.39 is 5.79 Å². The van der Waals surface area contributed by atoms with Crippen LogP contribution in [0, 0.1) is 22.8 Å². The second-order valence-corrected chi connectivity index (χ2v) is 2.35. The summed E-state index contributed by atoms with van der Waals surface area (Å²) in [5.74, 6) is -1.56. The molecule has 12 heavy (non-hydrogen) atoms. The van der Waals surface area contributed by atoms with E-state index in [0.717, 1.165) is 0 Å². The van der Waals surface area contributed by atoms with Crippen molar-refractivity contribution in [3.05, 3.63) is 23.8 Å². The maximum absolute atomic E-state index is 9.40. The molecule has 1 rings (SSSR count). The Morgan fingerprint density at radius 1 is 1.58 bits per heavy atom. The van der Waals surface area contributed by atoms with Gasteiger partial charge >= 0.3 is 0 Å². The summed E-state index contributed by atoms with van der Waals surface area (Å²) < 4.78 is 4.38. The van der Waals surface area contributed by atoms with Gasteiger partial charge in [-0.25, -0.2) is 0 Å². The van der Waals surface area contributed by atoms with E-state index >= 15 is 0 Å². The summed E-state index contributed by atoms with van der Waals surface area (Å²) in [5, 5.41) is 26.0. The van der Waals surface area contributed by atoms with Crippen LogP contribution >= 0.6 is 0 Å². The largest absolute Gasteiger partial charge is 0.389 e. The number of rotatable bonds is 1. The zero-order chi connectivity index (χ0) is 9.03. The van der Waals surface area contributed by atoms with Crippen LogP contribution < -0.4 is 0 Å². The lowest BCUT2D eigenvalue weighted by atomic mass is 10.0. The molecule has 4 nitrogen and oxygen atoms in total. The van der Waals surface area contributed by atoms with Gasteiger partial charge < -0.3 is 9.84 Å². The predicted molar refractivity (Wildman–Crippen MR) is 39.1 cm³/mol. The van der Waals surface area contributed by atoms with E-state index in [9.17, 15) is 5.11 Å². The maximum atomic E-state index is 9.40. The smallest absolute Gasteiger partial charge is 0.289 e. The Kier molecular flexibility index (Phi) is 2.14. The molecule has 4 heteroatoms. The first kappa shape index (κ1) is 8.32. The lowest BCUT2D eigenvalue weighted by Crippen LogP contribution is -2.28. The molecule has 60 valence electrons. The van der Waals surface area contributed by atoms with E-state index in [2.05, 4.69) is 4.74 Å². The molecular formula is C8H6N2O2. The van der Waals surface area contributed by atoms with Crippen molar-refractivity contribution >= 4 is 0 Å². The van der Waals surface area contributed by atoms with Gasteiger partial charge in [-0.1, -0.05) is 6.08 Å². The van der Waals surface area contributed by atoms with Crippen LogP contribution in [0.4, 0.5) is 0 Å². The normalized spacial score (nSPS) is 26.8. The molecule has 0 aliphatic heterocycles. The van der Waals surface area contributed by atoms with E-state index in [-0.39, 0.29) is 6.42 Å². The summed E-state index contributed by atoms with van der Waals surface area (Å²) in [4.78, 5) is 0. The third-order valence-corrected chi connectivity index (χ3v) is 1.49. The number of nitrogens with zero attached hydrogens (tertiary/aromatic N) is 2. The lowest BCUT2D eigenvalue weighted by molar-refractivity contribution is -0.115. The lowest BCUT2D eigenvalue weighted by Gasteiger charge is -2.21. The summed E-state index contributed by atoms with van der Waals surface area (Å²) >= 11 is 0. The molecule has 0 heterocycles. The number of nitriles is 2. The Hall–Kier alpha value is -1.78. The van der Waals surface area contributed by atoms with E-state index in [4.69, 9.17) is 10.5 Å². The quantitative estimate of drug-likeness (QED) is 0.452. The molecule has 1 aliphatic carbocycles. The van der Waals surface area contributed by atoms with Crippen molar-refractivity contribution in [3.8, 4) is 12.3 Å². The van der Waals surface area contributed by atoms with Gasteiger partial charge in [-0.2, -0.15) is 10.5 Å². The molecular weight excluding hydrogens is 156 g/mol. The van der Waals surface area contributed by atoms with Crippen molar-refractivity contribution in [2.75, 3.05) is 0 Å². The highest BCUT2D eigenvalue weighted by Crippen LogP contribution is 2.21. The molecule has 1 N–H and O–H groups in total. The van der Waals surface area contributed by atoms with Crippen LogP contribution in [0.15, 0.2) is 23.8 Å². The summed E-state index contributed by atoms with van der Waals surface area (Å²) in [6.45, 7) is 0. The van der Waals surface area contributed by atoms with Crippen LogP contribution in [0.3, 0.4) is 0 Å². The Morgan fingerprint density at radius 2 is 2.33 bits per heavy atom. The Balaban J connectivity index is 2.73. The van der Waals surface area contributed by atoms with E-state index in [1.54, 1.807) is 0 Å². The first-order valence-corrected chi connectivity index (χ1v) is 3.29. The molecule has 0 spiro atoms. The van der Waals surface area contributed by atoms with Crippen LogP contribution in [0.25, 0.3) is 0 Å². The van der Waals surface area contributed by atoms with Crippen molar-refractivity contribution in [2.24, 2.45) is 0 Å². The maximum Gasteiger partial charge on any atom is 0.289 e. The van der Waals surface area contributed by atoms with E-state index in [1.165, 1.54) is 24.5 Å². The van der Waals surface area contributed by atoms with Crippen LogP contribution in [0.2, 0.25) is 0 Å². The first-order valence-electron chi connectivity index (χ1n) is 3.29. The van der Waals surface area contributed by atoms with Gasteiger partial charge in [0.2, 0.25) is 5.79 Å². The molecule has 0 aromatic heterocycles. The number of hydrogen-bond donors (Lipinski definition) is 1. The summed E-state index contributed by atoms with van der Waals surface area (Å²) in [6.07, 6.45) is 5.74. The molecule has 0 fully saturated rings. The SMILES string of the molecule is N#COC1(O)C=CC(C#N)=CC1. The average Bonchev–Trinajstić information content (AvgIpc) is 2.06. The highest BCUT2D eigenvalue weighted by molar-refractivity contribution is 5.37. The van der Waals surface area contributed by atoms with Crippen LogP contribution in [-0.2, 0) is 4.74 Å². The van der Waals surface area contributed by atoms with Crippen molar-refractivity contribution in [2.45, 2.75) is 12.2 Å². The topological polar surface area (TPSA) is 77.0 Å². The molecule has 1 aliphatic rings. The molecule has 0 aromatic carbocycles. The Labute approximate surface area is 69.6 Å². The monoisotopic (exact) mass is 162 g/mol. The molecule has 0 saturated carbocycles. The molecule has 1 atom stereocenters. The fourth-order valence-electron chi connectivity index (χ4n) is 0.850. The first-order chi connectivity index (χ1) is 5.70. The van der Waals surface area contributed by atoms with Crippen molar-refractivity contribution in [3.63, 3.8) is 0 Å². The van der Waals surface area contributed by atoms with Crippen LogP contribution in [-0.4, -0.2) is 10.9 Å². The van der Waals surface area contributed by atoms with Gasteiger partial charge in [-0.05, 0) is 12.2 Å². The minimum absolute atomic E-state index is 0.125. The van der Waals surface area contributed by atoms with Gasteiger partial charge in [0.15, 0.2) is 0 Å². The van der Waals surface area contributed by atoms with Crippen LogP contribution in [0.5, 0.6) is 0 Å². The predicted octanol–water partition coefficient (Wildman–Crippen LogP) is 0.583. The minimum Gasteiger partial charge on any atom is -0.389 e. The highest BCUT2D eigenvalue weighted by Gasteiger charge is 2.26. The van der Waals surface area contributed by atoms with Crippen molar-refractivity contribution in [1.29, 1.82) is 10.5 Å². The standard InChI is InChI=1S/C8H6N2O2/c9-5-7-1-3-8(11,4-2-7)12-6-10/h1-3,11H,4H2. The summed E-state index contributed by atoms with van der Waals surface area (Å²) in [7, 11) is 0. The summed E-state index contributed by atoms with van der Waals surface area (Å²) in [6, 6.07) is 1.91. The molecule has 0 amide bonds. The highest BCUT2D eigenvalue weighted by atomic mass is 16.6. The molecule has 0 aromatic rings. The van der Waals surface area contributed by atoms with Gasteiger partial charge in [0.1, 0.15) is 0 Å². The van der Waals surface area contributed by atoms with Gasteiger partial charge in [-0.3, -0.25) is 0 Å². The van der Waals surface area contributed by atoms with Gasteiger partial charge in [0, 0.05) is 12.0 Å². The van der Waals surface area contributed by atoms with E-state index in [0.29, 0.717) is 5.57 Å². The number of ether oxygens (including phenoxy) is 1. The molecule has 0 radical (unpaired) electrons. The van der Waals surface area contributed by atoms with Crippen molar-refractivity contribution in [1.82, 2.24) is 0 Å². The Bertz CT molecular complexity index is 319. The van der Waals surface area contributed by atoms with Crippen molar-refractivity contribution < 1.29 is 9.84 Å². The number of aliphatic hydroxyl groups is 1. The fourth-order valence-corrected chi connectivity index (χ4v) is 0.850. The van der Waals surface area contributed by atoms with E-state index in [1.807, 2.05) is 6.07 Å². The molecule has 1 unspecified atom stereocenters. The average molecular weight is 162 g/mol.